The lowest BCUT2D eigenvalue weighted by Crippen LogP contribution is -2.29. The van der Waals surface area contributed by atoms with Crippen LogP contribution in [0.2, 0.25) is 0 Å². The van der Waals surface area contributed by atoms with E-state index in [-0.39, 0.29) is 5.91 Å². The fourth-order valence-corrected chi connectivity index (χ4v) is 4.41. The number of rotatable bonds is 5. The van der Waals surface area contributed by atoms with Gasteiger partial charge in [0.25, 0.3) is 5.91 Å². The van der Waals surface area contributed by atoms with Crippen molar-refractivity contribution in [1.29, 1.82) is 0 Å². The molecule has 3 aliphatic rings. The first-order chi connectivity index (χ1) is 14.3. The Morgan fingerprint density at radius 3 is 2.83 bits per heavy atom. The number of fused-ring (bicyclic) bond motifs is 2. The zero-order valence-corrected chi connectivity index (χ0v) is 16.5. The normalized spacial score (nSPS) is 20.9. The summed E-state index contributed by atoms with van der Waals surface area (Å²) in [7, 11) is 0. The van der Waals surface area contributed by atoms with E-state index >= 15 is 0 Å². The largest absolute Gasteiger partial charge is 0.487 e. The van der Waals surface area contributed by atoms with Gasteiger partial charge in [0.05, 0.1) is 5.57 Å². The summed E-state index contributed by atoms with van der Waals surface area (Å²) in [5.41, 5.74) is 5.91. The molecule has 2 aromatic carbocycles. The quantitative estimate of drug-likeness (QED) is 0.605. The Morgan fingerprint density at radius 2 is 1.93 bits per heavy atom. The molecule has 0 aromatic heterocycles. The molecule has 0 atom stereocenters. The predicted octanol–water partition coefficient (Wildman–Crippen LogP) is 3.60. The van der Waals surface area contributed by atoms with E-state index < -0.39 is 0 Å². The van der Waals surface area contributed by atoms with E-state index in [1.165, 1.54) is 5.56 Å². The summed E-state index contributed by atoms with van der Waals surface area (Å²) >= 11 is 0. The van der Waals surface area contributed by atoms with E-state index in [9.17, 15) is 4.79 Å². The van der Waals surface area contributed by atoms with Crippen molar-refractivity contribution in [2.24, 2.45) is 5.92 Å². The minimum atomic E-state index is -0.0876. The molecule has 0 spiro atoms. The third kappa shape index (κ3) is 3.68. The SMILES string of the molecule is O=C1Nc2ccccc2C1=C1OCc2cc(CCNCC3CCOCC3)ccc21. The van der Waals surface area contributed by atoms with Crippen molar-refractivity contribution in [2.75, 3.05) is 31.6 Å². The van der Waals surface area contributed by atoms with Crippen molar-refractivity contribution in [3.63, 3.8) is 0 Å². The van der Waals surface area contributed by atoms with E-state index in [1.54, 1.807) is 0 Å². The molecule has 5 rings (SSSR count). The van der Waals surface area contributed by atoms with Gasteiger partial charge in [-0.1, -0.05) is 36.4 Å². The van der Waals surface area contributed by atoms with Crippen LogP contribution in [0.4, 0.5) is 5.69 Å². The molecule has 5 nitrogen and oxygen atoms in total. The lowest BCUT2D eigenvalue weighted by Gasteiger charge is -2.22. The molecule has 1 fully saturated rings. The maximum Gasteiger partial charge on any atom is 0.260 e. The van der Waals surface area contributed by atoms with E-state index in [2.05, 4.69) is 28.8 Å². The zero-order valence-electron chi connectivity index (χ0n) is 16.5. The number of amides is 1. The van der Waals surface area contributed by atoms with Crippen LogP contribution in [-0.4, -0.2) is 32.2 Å². The Hall–Kier alpha value is -2.63. The Morgan fingerprint density at radius 1 is 1.07 bits per heavy atom. The van der Waals surface area contributed by atoms with Gasteiger partial charge in [-0.05, 0) is 49.9 Å². The van der Waals surface area contributed by atoms with Gasteiger partial charge in [-0.15, -0.1) is 0 Å². The van der Waals surface area contributed by atoms with E-state index in [4.69, 9.17) is 9.47 Å². The second-order valence-corrected chi connectivity index (χ2v) is 7.99. The van der Waals surface area contributed by atoms with Crippen molar-refractivity contribution in [3.05, 3.63) is 64.7 Å². The van der Waals surface area contributed by atoms with Gasteiger partial charge in [-0.3, -0.25) is 4.79 Å². The second-order valence-electron chi connectivity index (χ2n) is 7.99. The van der Waals surface area contributed by atoms with Gasteiger partial charge >= 0.3 is 0 Å². The number of ether oxygens (including phenoxy) is 2. The van der Waals surface area contributed by atoms with Gasteiger partial charge < -0.3 is 20.1 Å². The lowest BCUT2D eigenvalue weighted by atomic mass is 9.98. The maximum absolute atomic E-state index is 12.5. The minimum Gasteiger partial charge on any atom is -0.487 e. The first-order valence-corrected chi connectivity index (χ1v) is 10.5. The Bertz CT molecular complexity index is 960. The monoisotopic (exact) mass is 390 g/mol. The highest BCUT2D eigenvalue weighted by molar-refractivity contribution is 6.36. The number of hydrogen-bond donors (Lipinski definition) is 2. The molecule has 1 saturated heterocycles. The summed E-state index contributed by atoms with van der Waals surface area (Å²) in [6.45, 7) is 4.37. The molecule has 0 aliphatic carbocycles. The molecule has 0 saturated carbocycles. The topological polar surface area (TPSA) is 59.6 Å². The van der Waals surface area contributed by atoms with E-state index in [0.717, 1.165) is 73.9 Å². The number of hydrogen-bond acceptors (Lipinski definition) is 4. The Balaban J connectivity index is 1.28. The van der Waals surface area contributed by atoms with Crippen LogP contribution in [-0.2, 0) is 27.3 Å². The molecular formula is C24H26N2O3. The number of carbonyl (C=O) groups is 1. The molecule has 2 N–H and O–H groups in total. The van der Waals surface area contributed by atoms with Crippen molar-refractivity contribution in [1.82, 2.24) is 5.32 Å². The Labute approximate surface area is 171 Å². The van der Waals surface area contributed by atoms with Crippen LogP contribution < -0.4 is 10.6 Å². The van der Waals surface area contributed by atoms with Crippen molar-refractivity contribution < 1.29 is 14.3 Å². The third-order valence-corrected chi connectivity index (χ3v) is 6.05. The van der Waals surface area contributed by atoms with Crippen molar-refractivity contribution >= 4 is 22.9 Å². The van der Waals surface area contributed by atoms with Gasteiger partial charge in [0, 0.05) is 35.6 Å². The fraction of sp³-hybridized carbons (Fsp3) is 0.375. The fourth-order valence-electron chi connectivity index (χ4n) is 4.41. The third-order valence-electron chi connectivity index (χ3n) is 6.05. The van der Waals surface area contributed by atoms with Crippen LogP contribution in [0.15, 0.2) is 42.5 Å². The highest BCUT2D eigenvalue weighted by atomic mass is 16.5. The molecule has 0 unspecified atom stereocenters. The molecule has 150 valence electrons. The molecule has 2 aromatic rings. The highest BCUT2D eigenvalue weighted by Crippen LogP contribution is 2.41. The van der Waals surface area contributed by atoms with Gasteiger partial charge in [0.1, 0.15) is 12.4 Å². The molecule has 5 heteroatoms. The summed E-state index contributed by atoms with van der Waals surface area (Å²) in [6.07, 6.45) is 3.32. The summed E-state index contributed by atoms with van der Waals surface area (Å²) in [6, 6.07) is 14.3. The average Bonchev–Trinajstić information content (AvgIpc) is 3.31. The van der Waals surface area contributed by atoms with Crippen LogP contribution in [0.3, 0.4) is 0 Å². The van der Waals surface area contributed by atoms with Crippen LogP contribution in [0.25, 0.3) is 11.3 Å². The minimum absolute atomic E-state index is 0.0876. The van der Waals surface area contributed by atoms with E-state index in [1.807, 2.05) is 24.3 Å². The standard InChI is InChI=1S/C24H26N2O3/c27-24-22(20-3-1-2-4-21(20)26-24)23-19-6-5-16(13-18(19)15-29-23)7-10-25-14-17-8-11-28-12-9-17/h1-6,13,17,25H,7-12,14-15H2,(H,26,27). The maximum atomic E-state index is 12.5. The number of para-hydroxylation sites is 1. The summed E-state index contributed by atoms with van der Waals surface area (Å²) in [5, 5.41) is 6.53. The molecule has 0 bridgehead atoms. The summed E-state index contributed by atoms with van der Waals surface area (Å²) in [4.78, 5) is 12.5. The van der Waals surface area contributed by atoms with Crippen LogP contribution in [0, 0.1) is 5.92 Å². The number of benzene rings is 2. The zero-order chi connectivity index (χ0) is 19.6. The van der Waals surface area contributed by atoms with Crippen molar-refractivity contribution in [2.45, 2.75) is 25.9 Å². The number of anilines is 1. The second kappa shape index (κ2) is 8.01. The van der Waals surface area contributed by atoms with Crippen LogP contribution in [0.5, 0.6) is 0 Å². The number of carbonyl (C=O) groups excluding carboxylic acids is 1. The first kappa shape index (κ1) is 18.4. The van der Waals surface area contributed by atoms with E-state index in [0.29, 0.717) is 17.9 Å². The van der Waals surface area contributed by atoms with Gasteiger partial charge in [0.2, 0.25) is 0 Å². The summed E-state index contributed by atoms with van der Waals surface area (Å²) in [5.74, 6) is 1.36. The van der Waals surface area contributed by atoms with Gasteiger partial charge in [-0.2, -0.15) is 0 Å². The van der Waals surface area contributed by atoms with Gasteiger partial charge in [-0.25, -0.2) is 0 Å². The first-order valence-electron chi connectivity index (χ1n) is 10.5. The molecule has 3 aliphatic heterocycles. The Kier molecular flexibility index (Phi) is 5.08. The molecule has 1 amide bonds. The molecule has 3 heterocycles. The molecular weight excluding hydrogens is 364 g/mol. The molecule has 0 radical (unpaired) electrons. The van der Waals surface area contributed by atoms with Crippen LogP contribution in [0.1, 0.15) is 35.1 Å². The number of nitrogens with one attached hydrogen (secondary N) is 2. The average molecular weight is 390 g/mol. The van der Waals surface area contributed by atoms with Crippen molar-refractivity contribution in [3.8, 4) is 0 Å². The summed E-state index contributed by atoms with van der Waals surface area (Å²) < 4.78 is 11.4. The smallest absolute Gasteiger partial charge is 0.260 e. The van der Waals surface area contributed by atoms with Gasteiger partial charge in [0.15, 0.2) is 0 Å². The van der Waals surface area contributed by atoms with Crippen LogP contribution >= 0.6 is 0 Å². The lowest BCUT2D eigenvalue weighted by molar-refractivity contribution is -0.110. The highest BCUT2D eigenvalue weighted by Gasteiger charge is 2.32. The molecule has 29 heavy (non-hydrogen) atoms. The predicted molar refractivity (Wildman–Crippen MR) is 113 cm³/mol.